The van der Waals surface area contributed by atoms with Gasteiger partial charge in [-0.2, -0.15) is 0 Å². The van der Waals surface area contributed by atoms with E-state index in [0.29, 0.717) is 5.92 Å². The van der Waals surface area contributed by atoms with Gasteiger partial charge >= 0.3 is 0 Å². The smallest absolute Gasteiger partial charge is 0.00793 e. The molecule has 0 aliphatic heterocycles. The van der Waals surface area contributed by atoms with E-state index in [9.17, 15) is 0 Å². The van der Waals surface area contributed by atoms with Gasteiger partial charge in [-0.25, -0.2) is 0 Å². The van der Waals surface area contributed by atoms with E-state index in [4.69, 9.17) is 0 Å². The second kappa shape index (κ2) is 6.21. The van der Waals surface area contributed by atoms with E-state index in [-0.39, 0.29) is 0 Å². The fraction of sp³-hybridized carbons (Fsp3) is 0.636. The monoisotopic (exact) mass is 152 g/mol. The molecule has 0 aromatic heterocycles. The lowest BCUT2D eigenvalue weighted by Gasteiger charge is -2.00. The van der Waals surface area contributed by atoms with E-state index in [2.05, 4.69) is 45.9 Å². The zero-order valence-electron chi connectivity index (χ0n) is 8.22. The molecule has 0 spiro atoms. The zero-order valence-corrected chi connectivity index (χ0v) is 8.22. The third-order valence-corrected chi connectivity index (χ3v) is 1.78. The van der Waals surface area contributed by atoms with Crippen LogP contribution in [-0.2, 0) is 0 Å². The molecule has 0 aromatic rings. The molecule has 0 amide bonds. The fourth-order valence-electron chi connectivity index (χ4n) is 0.973. The largest absolute Gasteiger partial charge is 0.0882 e. The van der Waals surface area contributed by atoms with Gasteiger partial charge in [-0.15, -0.1) is 0 Å². The van der Waals surface area contributed by atoms with Gasteiger partial charge in [0.25, 0.3) is 0 Å². The number of hydrogen-bond acceptors (Lipinski definition) is 0. The Bertz CT molecular complexity index is 140. The third kappa shape index (κ3) is 5.90. The second-order valence-electron chi connectivity index (χ2n) is 3.06. The van der Waals surface area contributed by atoms with Crippen molar-refractivity contribution in [3.05, 3.63) is 23.8 Å². The molecule has 1 unspecified atom stereocenters. The first kappa shape index (κ1) is 10.5. The van der Waals surface area contributed by atoms with Crippen LogP contribution in [0.15, 0.2) is 23.8 Å². The van der Waals surface area contributed by atoms with Crippen molar-refractivity contribution in [1.82, 2.24) is 0 Å². The minimum absolute atomic E-state index is 0.606. The summed E-state index contributed by atoms with van der Waals surface area (Å²) in [5, 5.41) is 0. The molecule has 0 aliphatic carbocycles. The van der Waals surface area contributed by atoms with E-state index >= 15 is 0 Å². The molecule has 0 bridgehead atoms. The van der Waals surface area contributed by atoms with Gasteiger partial charge in [0, 0.05) is 0 Å². The minimum atomic E-state index is 0.606. The molecule has 0 rings (SSSR count). The van der Waals surface area contributed by atoms with Crippen molar-refractivity contribution >= 4 is 0 Å². The maximum atomic E-state index is 2.33. The van der Waals surface area contributed by atoms with Crippen molar-refractivity contribution in [2.24, 2.45) is 5.92 Å². The molecule has 0 saturated heterocycles. The molecule has 0 nitrogen and oxygen atoms in total. The molecule has 11 heavy (non-hydrogen) atoms. The third-order valence-electron chi connectivity index (χ3n) is 1.78. The summed E-state index contributed by atoms with van der Waals surface area (Å²) in [6.07, 6.45) is 9.13. The van der Waals surface area contributed by atoms with Gasteiger partial charge in [0.05, 0.1) is 0 Å². The van der Waals surface area contributed by atoms with Crippen LogP contribution in [-0.4, -0.2) is 0 Å². The quantitative estimate of drug-likeness (QED) is 0.535. The Morgan fingerprint density at radius 1 is 1.36 bits per heavy atom. The van der Waals surface area contributed by atoms with Crippen molar-refractivity contribution < 1.29 is 0 Å². The zero-order chi connectivity index (χ0) is 8.69. The first-order chi connectivity index (χ1) is 5.20. The number of hydrogen-bond donors (Lipinski definition) is 0. The highest BCUT2D eigenvalue weighted by atomic mass is 14.0. The van der Waals surface area contributed by atoms with Gasteiger partial charge in [0.2, 0.25) is 0 Å². The van der Waals surface area contributed by atoms with Crippen LogP contribution in [0.5, 0.6) is 0 Å². The number of rotatable bonds is 4. The van der Waals surface area contributed by atoms with Crippen LogP contribution in [0.4, 0.5) is 0 Å². The predicted octanol–water partition coefficient (Wildman–Crippen LogP) is 3.95. The predicted molar refractivity (Wildman–Crippen MR) is 52.6 cm³/mol. The van der Waals surface area contributed by atoms with Gasteiger partial charge in [-0.05, 0) is 25.7 Å². The van der Waals surface area contributed by atoms with Crippen molar-refractivity contribution in [3.63, 3.8) is 0 Å². The molecule has 0 aromatic carbocycles. The Morgan fingerprint density at radius 2 is 2.00 bits per heavy atom. The van der Waals surface area contributed by atoms with Crippen molar-refractivity contribution in [2.45, 2.75) is 40.5 Å². The maximum Gasteiger partial charge on any atom is -0.00793 e. The van der Waals surface area contributed by atoms with Gasteiger partial charge < -0.3 is 0 Å². The summed E-state index contributed by atoms with van der Waals surface area (Å²) in [5.74, 6) is 0.606. The highest BCUT2D eigenvalue weighted by Gasteiger charge is 1.90. The van der Waals surface area contributed by atoms with Gasteiger partial charge in [-0.1, -0.05) is 44.6 Å². The summed E-state index contributed by atoms with van der Waals surface area (Å²) < 4.78 is 0. The molecule has 0 N–H and O–H groups in total. The van der Waals surface area contributed by atoms with Gasteiger partial charge in [-0.3, -0.25) is 0 Å². The molecule has 64 valence electrons. The summed E-state index contributed by atoms with van der Waals surface area (Å²) in [5.41, 5.74) is 1.48. The summed E-state index contributed by atoms with van der Waals surface area (Å²) in [4.78, 5) is 0. The lowest BCUT2D eigenvalue weighted by molar-refractivity contribution is 0.900. The van der Waals surface area contributed by atoms with E-state index in [1.165, 1.54) is 12.0 Å². The Morgan fingerprint density at radius 3 is 2.45 bits per heavy atom. The van der Waals surface area contributed by atoms with Crippen LogP contribution in [0, 0.1) is 5.92 Å². The Kier molecular flexibility index (Phi) is 5.91. The highest BCUT2D eigenvalue weighted by molar-refractivity contribution is 5.05. The first-order valence-electron chi connectivity index (χ1n) is 4.54. The fourth-order valence-corrected chi connectivity index (χ4v) is 0.973. The van der Waals surface area contributed by atoms with Crippen molar-refractivity contribution in [3.8, 4) is 0 Å². The summed E-state index contributed by atoms with van der Waals surface area (Å²) in [7, 11) is 0. The Hall–Kier alpha value is -0.520. The summed E-state index contributed by atoms with van der Waals surface area (Å²) >= 11 is 0. The van der Waals surface area contributed by atoms with E-state index in [0.717, 1.165) is 6.42 Å². The van der Waals surface area contributed by atoms with Gasteiger partial charge in [0.1, 0.15) is 0 Å². The number of allylic oxidation sites excluding steroid dienone is 4. The minimum Gasteiger partial charge on any atom is -0.0882 e. The summed E-state index contributed by atoms with van der Waals surface area (Å²) in [6.45, 7) is 8.78. The lowest BCUT2D eigenvalue weighted by Crippen LogP contribution is -1.84. The SMILES string of the molecule is CCC=CC(C)C=C(C)CC. The first-order valence-corrected chi connectivity index (χ1v) is 4.54. The molecule has 0 heterocycles. The normalized spacial score (nSPS) is 15.8. The molecule has 0 radical (unpaired) electrons. The van der Waals surface area contributed by atoms with Crippen molar-refractivity contribution in [1.29, 1.82) is 0 Å². The highest BCUT2D eigenvalue weighted by Crippen LogP contribution is 2.07. The van der Waals surface area contributed by atoms with E-state index < -0.39 is 0 Å². The second-order valence-corrected chi connectivity index (χ2v) is 3.06. The topological polar surface area (TPSA) is 0 Å². The molecule has 1 atom stereocenters. The van der Waals surface area contributed by atoms with Crippen LogP contribution in [0.1, 0.15) is 40.5 Å². The molecule has 0 saturated carbocycles. The van der Waals surface area contributed by atoms with Gasteiger partial charge in [0.15, 0.2) is 0 Å². The Labute approximate surface area is 71.0 Å². The Balaban J connectivity index is 3.84. The average Bonchev–Trinajstić information content (AvgIpc) is 2.00. The van der Waals surface area contributed by atoms with E-state index in [1.807, 2.05) is 0 Å². The maximum absolute atomic E-state index is 2.33. The lowest BCUT2D eigenvalue weighted by atomic mass is 10.1. The van der Waals surface area contributed by atoms with Crippen molar-refractivity contribution in [2.75, 3.05) is 0 Å². The van der Waals surface area contributed by atoms with Crippen LogP contribution in [0.3, 0.4) is 0 Å². The summed E-state index contributed by atoms with van der Waals surface area (Å²) in [6, 6.07) is 0. The molecular weight excluding hydrogens is 132 g/mol. The van der Waals surface area contributed by atoms with Crippen LogP contribution >= 0.6 is 0 Å². The average molecular weight is 152 g/mol. The molecule has 0 heteroatoms. The standard InChI is InChI=1S/C11H20/c1-5-7-8-11(4)9-10(3)6-2/h7-9,11H,5-6H2,1-4H3. The van der Waals surface area contributed by atoms with Crippen LogP contribution < -0.4 is 0 Å². The van der Waals surface area contributed by atoms with E-state index in [1.54, 1.807) is 0 Å². The molecule has 0 fully saturated rings. The molecular formula is C11H20. The molecule has 0 aliphatic rings. The van der Waals surface area contributed by atoms with Crippen LogP contribution in [0.25, 0.3) is 0 Å². The van der Waals surface area contributed by atoms with Crippen LogP contribution in [0.2, 0.25) is 0 Å².